The topological polar surface area (TPSA) is 84.9 Å². The van der Waals surface area contributed by atoms with Crippen LogP contribution < -0.4 is 5.73 Å². The third-order valence-corrected chi connectivity index (χ3v) is 5.51. The van der Waals surface area contributed by atoms with Gasteiger partial charge in [-0.15, -0.1) is 0 Å². The van der Waals surface area contributed by atoms with Crippen LogP contribution in [0.25, 0.3) is 22.2 Å². The van der Waals surface area contributed by atoms with Crippen molar-refractivity contribution in [2.45, 2.75) is 51.0 Å². The maximum Gasteiger partial charge on any atom is 0.220 e. The summed E-state index contributed by atoms with van der Waals surface area (Å²) >= 11 is 0. The van der Waals surface area contributed by atoms with Gasteiger partial charge < -0.3 is 10.8 Å². The number of aliphatic hydroxyl groups is 1. The fraction of sp³-hybridized carbons (Fsp3) is 0.381. The SMILES string of the molecule is CC(C)c1c(C2(O)CCCC2)cnc2c(F)cc(-c3nc(N)ncc3F)cc12. The third kappa shape index (κ3) is 2.99. The van der Waals surface area contributed by atoms with Crippen LogP contribution >= 0.6 is 0 Å². The second-order valence-corrected chi connectivity index (χ2v) is 7.76. The minimum atomic E-state index is -0.960. The van der Waals surface area contributed by atoms with E-state index in [1.807, 2.05) is 13.8 Å². The van der Waals surface area contributed by atoms with Crippen LogP contribution in [0.4, 0.5) is 14.7 Å². The maximum absolute atomic E-state index is 14.9. The Balaban J connectivity index is 2.02. The Hall–Kier alpha value is -2.67. The molecule has 1 fully saturated rings. The molecule has 1 aliphatic rings. The van der Waals surface area contributed by atoms with Crippen LogP contribution in [0.2, 0.25) is 0 Å². The molecule has 1 aromatic carbocycles. The molecule has 5 nitrogen and oxygen atoms in total. The maximum atomic E-state index is 14.9. The Kier molecular flexibility index (Phi) is 4.50. The number of hydrogen-bond acceptors (Lipinski definition) is 5. The third-order valence-electron chi connectivity index (χ3n) is 5.51. The molecule has 146 valence electrons. The minimum absolute atomic E-state index is 0.0140. The minimum Gasteiger partial charge on any atom is -0.385 e. The van der Waals surface area contributed by atoms with E-state index in [1.165, 1.54) is 6.07 Å². The van der Waals surface area contributed by atoms with E-state index < -0.39 is 17.2 Å². The Morgan fingerprint density at radius 2 is 1.79 bits per heavy atom. The molecule has 2 aromatic heterocycles. The summed E-state index contributed by atoms with van der Waals surface area (Å²) in [5.41, 5.74) is 6.58. The van der Waals surface area contributed by atoms with Gasteiger partial charge in [0.2, 0.25) is 5.95 Å². The lowest BCUT2D eigenvalue weighted by Gasteiger charge is -2.28. The van der Waals surface area contributed by atoms with Gasteiger partial charge in [-0.2, -0.15) is 0 Å². The molecule has 0 radical (unpaired) electrons. The molecule has 28 heavy (non-hydrogen) atoms. The molecule has 2 heterocycles. The number of rotatable bonds is 3. The van der Waals surface area contributed by atoms with Crippen molar-refractivity contribution < 1.29 is 13.9 Å². The zero-order chi connectivity index (χ0) is 20.1. The van der Waals surface area contributed by atoms with Gasteiger partial charge in [-0.1, -0.05) is 26.7 Å². The molecule has 0 aliphatic heterocycles. The highest BCUT2D eigenvalue weighted by atomic mass is 19.1. The van der Waals surface area contributed by atoms with Gasteiger partial charge in [0, 0.05) is 22.7 Å². The molecule has 1 aliphatic carbocycles. The van der Waals surface area contributed by atoms with Crippen molar-refractivity contribution in [3.8, 4) is 11.3 Å². The van der Waals surface area contributed by atoms with Gasteiger partial charge in [0.05, 0.1) is 11.8 Å². The number of nitrogen functional groups attached to an aromatic ring is 1. The number of halogens is 2. The lowest BCUT2D eigenvalue weighted by atomic mass is 9.83. The summed E-state index contributed by atoms with van der Waals surface area (Å²) in [6.07, 6.45) is 5.74. The first-order chi connectivity index (χ1) is 13.3. The van der Waals surface area contributed by atoms with E-state index in [9.17, 15) is 13.9 Å². The van der Waals surface area contributed by atoms with Crippen molar-refractivity contribution in [1.29, 1.82) is 0 Å². The smallest absolute Gasteiger partial charge is 0.220 e. The van der Waals surface area contributed by atoms with Crippen molar-refractivity contribution >= 4 is 16.9 Å². The summed E-state index contributed by atoms with van der Waals surface area (Å²) in [5, 5.41) is 11.7. The van der Waals surface area contributed by atoms with Crippen molar-refractivity contribution in [2.75, 3.05) is 5.73 Å². The fourth-order valence-corrected chi connectivity index (χ4v) is 4.22. The number of hydrogen-bond donors (Lipinski definition) is 2. The van der Waals surface area contributed by atoms with Gasteiger partial charge in [0.1, 0.15) is 17.0 Å². The first-order valence-electron chi connectivity index (χ1n) is 9.43. The normalized spacial score (nSPS) is 16.2. The first kappa shape index (κ1) is 18.7. The highest BCUT2D eigenvalue weighted by Gasteiger charge is 2.36. The molecule has 4 rings (SSSR count). The highest BCUT2D eigenvalue weighted by molar-refractivity contribution is 5.88. The highest BCUT2D eigenvalue weighted by Crippen LogP contribution is 2.44. The van der Waals surface area contributed by atoms with Crippen LogP contribution in [0.15, 0.2) is 24.5 Å². The summed E-state index contributed by atoms with van der Waals surface area (Å²) in [6, 6.07) is 2.88. The zero-order valence-corrected chi connectivity index (χ0v) is 15.8. The van der Waals surface area contributed by atoms with E-state index in [4.69, 9.17) is 5.73 Å². The average Bonchev–Trinajstić information content (AvgIpc) is 3.10. The molecule has 1 saturated carbocycles. The van der Waals surface area contributed by atoms with E-state index in [1.54, 1.807) is 12.3 Å². The quantitative estimate of drug-likeness (QED) is 0.697. The molecule has 7 heteroatoms. The fourth-order valence-electron chi connectivity index (χ4n) is 4.22. The summed E-state index contributed by atoms with van der Waals surface area (Å²) < 4.78 is 29.2. The standard InChI is InChI=1S/C21H22F2N4O/c1-11(2)17-13-7-12(18-16(23)10-26-20(24)27-18)8-15(22)19(13)25-9-14(17)21(28)5-3-4-6-21/h7-11,28H,3-6H2,1-2H3,(H2,24,26,27). The number of anilines is 1. The monoisotopic (exact) mass is 384 g/mol. The van der Waals surface area contributed by atoms with E-state index in [0.29, 0.717) is 18.2 Å². The summed E-state index contributed by atoms with van der Waals surface area (Å²) in [5.74, 6) is -1.33. The Morgan fingerprint density at radius 3 is 2.46 bits per heavy atom. The van der Waals surface area contributed by atoms with Crippen molar-refractivity contribution in [1.82, 2.24) is 15.0 Å². The van der Waals surface area contributed by atoms with Gasteiger partial charge in [0.15, 0.2) is 5.82 Å². The Bertz CT molecular complexity index is 1060. The predicted octanol–water partition coefficient (Wildman–Crippen LogP) is 4.44. The van der Waals surface area contributed by atoms with Gasteiger partial charge in [0.25, 0.3) is 0 Å². The summed E-state index contributed by atoms with van der Waals surface area (Å²) in [6.45, 7) is 3.98. The largest absolute Gasteiger partial charge is 0.385 e. The Labute approximate surface area is 161 Å². The van der Waals surface area contributed by atoms with E-state index in [-0.39, 0.29) is 28.6 Å². The Morgan fingerprint density at radius 1 is 1.07 bits per heavy atom. The molecule has 3 aromatic rings. The second-order valence-electron chi connectivity index (χ2n) is 7.76. The van der Waals surface area contributed by atoms with Crippen LogP contribution in [-0.4, -0.2) is 20.1 Å². The van der Waals surface area contributed by atoms with Crippen molar-refractivity contribution in [3.63, 3.8) is 0 Å². The van der Waals surface area contributed by atoms with Crippen LogP contribution in [0, 0.1) is 11.6 Å². The first-order valence-corrected chi connectivity index (χ1v) is 9.43. The molecule has 0 unspecified atom stereocenters. The lowest BCUT2D eigenvalue weighted by molar-refractivity contribution is 0.0431. The molecular weight excluding hydrogens is 362 g/mol. The van der Waals surface area contributed by atoms with Gasteiger partial charge in [-0.3, -0.25) is 4.98 Å². The average molecular weight is 384 g/mol. The predicted molar refractivity (Wildman–Crippen MR) is 104 cm³/mol. The molecule has 3 N–H and O–H groups in total. The number of fused-ring (bicyclic) bond motifs is 1. The molecular formula is C21H22F2N4O. The van der Waals surface area contributed by atoms with Gasteiger partial charge in [-0.05, 0) is 36.5 Å². The number of nitrogens with two attached hydrogens (primary N) is 1. The molecule has 0 atom stereocenters. The van der Waals surface area contributed by atoms with E-state index in [0.717, 1.165) is 30.2 Å². The van der Waals surface area contributed by atoms with Crippen molar-refractivity contribution in [2.24, 2.45) is 0 Å². The molecule has 0 spiro atoms. The number of aromatic nitrogens is 3. The molecule has 0 amide bonds. The lowest BCUT2D eigenvalue weighted by Crippen LogP contribution is -2.24. The zero-order valence-electron chi connectivity index (χ0n) is 15.8. The van der Waals surface area contributed by atoms with E-state index in [2.05, 4.69) is 15.0 Å². The summed E-state index contributed by atoms with van der Waals surface area (Å²) in [4.78, 5) is 11.9. The van der Waals surface area contributed by atoms with E-state index >= 15 is 0 Å². The number of pyridine rings is 1. The van der Waals surface area contributed by atoms with Crippen LogP contribution in [0.1, 0.15) is 56.6 Å². The molecule has 0 saturated heterocycles. The second kappa shape index (κ2) is 6.74. The van der Waals surface area contributed by atoms with Crippen LogP contribution in [0.3, 0.4) is 0 Å². The van der Waals surface area contributed by atoms with Gasteiger partial charge >= 0.3 is 0 Å². The number of benzene rings is 1. The van der Waals surface area contributed by atoms with Crippen LogP contribution in [0.5, 0.6) is 0 Å². The van der Waals surface area contributed by atoms with Crippen molar-refractivity contribution in [3.05, 3.63) is 47.3 Å². The van der Waals surface area contributed by atoms with Crippen LogP contribution in [-0.2, 0) is 5.60 Å². The molecule has 0 bridgehead atoms. The summed E-state index contributed by atoms with van der Waals surface area (Å²) in [7, 11) is 0. The number of nitrogens with zero attached hydrogens (tertiary/aromatic N) is 3. The van der Waals surface area contributed by atoms with Gasteiger partial charge in [-0.25, -0.2) is 18.7 Å².